The highest BCUT2D eigenvalue weighted by molar-refractivity contribution is 9.10. The van der Waals surface area contributed by atoms with Crippen LogP contribution < -0.4 is 5.32 Å². The number of anilines is 1. The van der Waals surface area contributed by atoms with Crippen molar-refractivity contribution in [1.29, 1.82) is 0 Å². The second-order valence-corrected chi connectivity index (χ2v) is 4.49. The van der Waals surface area contributed by atoms with Crippen molar-refractivity contribution in [2.24, 2.45) is 0 Å². The van der Waals surface area contributed by atoms with E-state index in [9.17, 15) is 4.79 Å². The Morgan fingerprint density at radius 2 is 1.94 bits per heavy atom. The van der Waals surface area contributed by atoms with E-state index < -0.39 is 5.97 Å². The average Bonchev–Trinajstić information content (AvgIpc) is 2.38. The van der Waals surface area contributed by atoms with Crippen molar-refractivity contribution >= 4 is 27.7 Å². The minimum absolute atomic E-state index is 0.0656. The van der Waals surface area contributed by atoms with Gasteiger partial charge in [0.25, 0.3) is 0 Å². The largest absolute Gasteiger partial charge is 0.476 e. The van der Waals surface area contributed by atoms with Crippen LogP contribution in [-0.4, -0.2) is 21.0 Å². The fourth-order valence-electron chi connectivity index (χ4n) is 1.32. The van der Waals surface area contributed by atoms with Crippen molar-refractivity contribution in [3.8, 4) is 0 Å². The quantitative estimate of drug-likeness (QED) is 0.908. The van der Waals surface area contributed by atoms with Crippen LogP contribution in [0.15, 0.2) is 41.1 Å². The molecule has 2 rings (SSSR count). The zero-order valence-corrected chi connectivity index (χ0v) is 10.9. The Bertz CT molecular complexity index is 540. The zero-order valence-electron chi connectivity index (χ0n) is 9.30. The van der Waals surface area contributed by atoms with Gasteiger partial charge in [0, 0.05) is 11.0 Å². The van der Waals surface area contributed by atoms with E-state index in [0.717, 1.165) is 10.0 Å². The van der Waals surface area contributed by atoms with Crippen molar-refractivity contribution in [3.63, 3.8) is 0 Å². The summed E-state index contributed by atoms with van der Waals surface area (Å²) in [5, 5.41) is 11.7. The Morgan fingerprint density at radius 3 is 2.50 bits per heavy atom. The van der Waals surface area contributed by atoms with Gasteiger partial charge >= 0.3 is 5.97 Å². The van der Waals surface area contributed by atoms with Crippen LogP contribution in [0.3, 0.4) is 0 Å². The van der Waals surface area contributed by atoms with Crippen LogP contribution in [0.5, 0.6) is 0 Å². The van der Waals surface area contributed by atoms with E-state index in [1.165, 1.54) is 12.4 Å². The van der Waals surface area contributed by atoms with E-state index >= 15 is 0 Å². The molecular weight excluding hydrogens is 298 g/mol. The molecule has 2 aromatic rings. The van der Waals surface area contributed by atoms with Gasteiger partial charge in [-0.25, -0.2) is 14.8 Å². The lowest BCUT2D eigenvalue weighted by Gasteiger charge is -2.05. The lowest BCUT2D eigenvalue weighted by molar-refractivity contribution is 0.0690. The molecule has 0 spiro atoms. The lowest BCUT2D eigenvalue weighted by Crippen LogP contribution is -2.05. The number of carboxylic acids is 1. The molecule has 0 saturated heterocycles. The fourth-order valence-corrected chi connectivity index (χ4v) is 1.59. The second-order valence-electron chi connectivity index (χ2n) is 3.57. The highest BCUT2D eigenvalue weighted by Gasteiger charge is 2.04. The maximum atomic E-state index is 10.6. The van der Waals surface area contributed by atoms with Gasteiger partial charge in [-0.2, -0.15) is 0 Å². The summed E-state index contributed by atoms with van der Waals surface area (Å²) >= 11 is 3.36. The number of aromatic nitrogens is 2. The average molecular weight is 308 g/mol. The molecule has 0 unspecified atom stereocenters. The van der Waals surface area contributed by atoms with Crippen LogP contribution in [0, 0.1) is 0 Å². The maximum absolute atomic E-state index is 10.6. The molecule has 6 heteroatoms. The number of hydrogen-bond donors (Lipinski definition) is 2. The summed E-state index contributed by atoms with van der Waals surface area (Å²) in [6.07, 6.45) is 2.63. The van der Waals surface area contributed by atoms with Crippen molar-refractivity contribution < 1.29 is 9.90 Å². The summed E-state index contributed by atoms with van der Waals surface area (Å²) in [4.78, 5) is 18.3. The Hall–Kier alpha value is -1.95. The number of rotatable bonds is 4. The molecule has 2 N–H and O–H groups in total. The molecule has 1 aromatic carbocycles. The van der Waals surface area contributed by atoms with Crippen LogP contribution in [0.1, 0.15) is 16.1 Å². The number of benzene rings is 1. The van der Waals surface area contributed by atoms with Crippen LogP contribution in [0.4, 0.5) is 5.82 Å². The predicted molar refractivity (Wildman–Crippen MR) is 70.5 cm³/mol. The third-order valence-electron chi connectivity index (χ3n) is 2.26. The van der Waals surface area contributed by atoms with Gasteiger partial charge in [0.1, 0.15) is 5.82 Å². The summed E-state index contributed by atoms with van der Waals surface area (Å²) in [7, 11) is 0. The van der Waals surface area contributed by atoms with Gasteiger partial charge < -0.3 is 10.4 Å². The van der Waals surface area contributed by atoms with E-state index in [4.69, 9.17) is 5.11 Å². The first-order valence-corrected chi connectivity index (χ1v) is 5.98. The van der Waals surface area contributed by atoms with Gasteiger partial charge in [0.05, 0.1) is 12.4 Å². The molecule has 0 saturated carbocycles. The number of hydrogen-bond acceptors (Lipinski definition) is 4. The molecule has 0 amide bonds. The molecule has 1 aromatic heterocycles. The molecule has 92 valence electrons. The summed E-state index contributed by atoms with van der Waals surface area (Å²) in [5.74, 6) is -0.537. The number of carboxylic acid groups (broad SMARTS) is 1. The monoisotopic (exact) mass is 307 g/mol. The van der Waals surface area contributed by atoms with Gasteiger partial charge in [-0.15, -0.1) is 0 Å². The number of nitrogens with zero attached hydrogens (tertiary/aromatic N) is 2. The first kappa shape index (κ1) is 12.5. The molecule has 0 bridgehead atoms. The van der Waals surface area contributed by atoms with Crippen LogP contribution in [0.2, 0.25) is 0 Å². The Balaban J connectivity index is 1.97. The molecule has 0 radical (unpaired) electrons. The SMILES string of the molecule is O=C(O)c1cnc(NCc2ccc(Br)cc2)cn1. The smallest absolute Gasteiger partial charge is 0.356 e. The highest BCUT2D eigenvalue weighted by atomic mass is 79.9. The van der Waals surface area contributed by atoms with Gasteiger partial charge in [-0.1, -0.05) is 28.1 Å². The topological polar surface area (TPSA) is 75.1 Å². The Labute approximate surface area is 112 Å². The standard InChI is InChI=1S/C12H10BrN3O2/c13-9-3-1-8(2-4-9)5-15-11-7-14-10(6-16-11)12(17)18/h1-4,6-7H,5H2,(H,15,16)(H,17,18). The summed E-state index contributed by atoms with van der Waals surface area (Å²) in [6.45, 7) is 0.606. The van der Waals surface area contributed by atoms with Crippen molar-refractivity contribution in [1.82, 2.24) is 9.97 Å². The summed E-state index contributed by atoms with van der Waals surface area (Å²) in [5.41, 5.74) is 1.03. The maximum Gasteiger partial charge on any atom is 0.356 e. The number of halogens is 1. The van der Waals surface area contributed by atoms with E-state index in [-0.39, 0.29) is 5.69 Å². The van der Waals surface area contributed by atoms with Crippen LogP contribution in [-0.2, 0) is 6.54 Å². The van der Waals surface area contributed by atoms with Crippen LogP contribution >= 0.6 is 15.9 Å². The van der Waals surface area contributed by atoms with E-state index in [1.807, 2.05) is 24.3 Å². The van der Waals surface area contributed by atoms with Crippen LogP contribution in [0.25, 0.3) is 0 Å². The molecule has 0 aliphatic rings. The third-order valence-corrected chi connectivity index (χ3v) is 2.79. The molecule has 0 fully saturated rings. The molecular formula is C12H10BrN3O2. The Morgan fingerprint density at radius 1 is 1.22 bits per heavy atom. The zero-order chi connectivity index (χ0) is 13.0. The molecule has 0 atom stereocenters. The molecule has 1 heterocycles. The van der Waals surface area contributed by atoms with Gasteiger partial charge in [-0.05, 0) is 17.7 Å². The van der Waals surface area contributed by atoms with E-state index in [1.54, 1.807) is 0 Å². The van der Waals surface area contributed by atoms with E-state index in [0.29, 0.717) is 12.4 Å². The van der Waals surface area contributed by atoms with Gasteiger partial charge in [0.2, 0.25) is 0 Å². The normalized spacial score (nSPS) is 10.1. The number of carbonyl (C=O) groups is 1. The highest BCUT2D eigenvalue weighted by Crippen LogP contribution is 2.11. The minimum atomic E-state index is -1.08. The molecule has 18 heavy (non-hydrogen) atoms. The first-order chi connectivity index (χ1) is 8.65. The predicted octanol–water partition coefficient (Wildman–Crippen LogP) is 2.55. The fraction of sp³-hybridized carbons (Fsp3) is 0.0833. The van der Waals surface area contributed by atoms with Gasteiger partial charge in [-0.3, -0.25) is 0 Å². The third kappa shape index (κ3) is 3.27. The van der Waals surface area contributed by atoms with Crippen molar-refractivity contribution in [2.75, 3.05) is 5.32 Å². The Kier molecular flexibility index (Phi) is 3.88. The summed E-state index contributed by atoms with van der Waals surface area (Å²) < 4.78 is 1.02. The van der Waals surface area contributed by atoms with Crippen molar-refractivity contribution in [3.05, 3.63) is 52.4 Å². The summed E-state index contributed by atoms with van der Waals surface area (Å²) in [6, 6.07) is 7.87. The number of nitrogens with one attached hydrogen (secondary N) is 1. The second kappa shape index (κ2) is 5.59. The first-order valence-electron chi connectivity index (χ1n) is 5.19. The van der Waals surface area contributed by atoms with Gasteiger partial charge in [0.15, 0.2) is 5.69 Å². The minimum Gasteiger partial charge on any atom is -0.476 e. The lowest BCUT2D eigenvalue weighted by atomic mass is 10.2. The van der Waals surface area contributed by atoms with E-state index in [2.05, 4.69) is 31.2 Å². The van der Waals surface area contributed by atoms with Crippen molar-refractivity contribution in [2.45, 2.75) is 6.54 Å². The molecule has 0 aliphatic heterocycles. The molecule has 0 aliphatic carbocycles. The number of aromatic carboxylic acids is 1. The molecule has 5 nitrogen and oxygen atoms in total.